The third-order valence-corrected chi connectivity index (χ3v) is 5.81. The second-order valence-corrected chi connectivity index (χ2v) is 7.68. The zero-order valence-corrected chi connectivity index (χ0v) is 15.9. The van der Waals surface area contributed by atoms with Crippen LogP contribution in [0.1, 0.15) is 43.9 Å². The van der Waals surface area contributed by atoms with Crippen molar-refractivity contribution >= 4 is 28.6 Å². The summed E-state index contributed by atoms with van der Waals surface area (Å²) < 4.78 is 0. The summed E-state index contributed by atoms with van der Waals surface area (Å²) in [5.74, 6) is -0.377. The number of carbonyl (C=O) groups is 1. The van der Waals surface area contributed by atoms with Crippen LogP contribution in [0.25, 0.3) is 0 Å². The smallest absolute Gasteiger partial charge is 0.261 e. The van der Waals surface area contributed by atoms with E-state index in [2.05, 4.69) is 20.7 Å². The molecule has 3 rings (SSSR count). The van der Waals surface area contributed by atoms with Gasteiger partial charge in [-0.1, -0.05) is 0 Å². The van der Waals surface area contributed by atoms with E-state index >= 15 is 0 Å². The van der Waals surface area contributed by atoms with Crippen LogP contribution in [0.2, 0.25) is 0 Å². The molecule has 0 saturated carbocycles. The third kappa shape index (κ3) is 4.05. The average Bonchev–Trinajstić information content (AvgIpc) is 3.21. The lowest BCUT2D eigenvalue weighted by Gasteiger charge is -2.16. The first-order valence-corrected chi connectivity index (χ1v) is 9.71. The summed E-state index contributed by atoms with van der Waals surface area (Å²) in [5.41, 5.74) is 3.47. The van der Waals surface area contributed by atoms with Gasteiger partial charge in [0.2, 0.25) is 0 Å². The predicted octanol–water partition coefficient (Wildman–Crippen LogP) is 3.53. The van der Waals surface area contributed by atoms with Crippen LogP contribution in [-0.4, -0.2) is 15.9 Å². The Bertz CT molecular complexity index is 942. The Morgan fingerprint density at radius 1 is 1.32 bits per heavy atom. The summed E-state index contributed by atoms with van der Waals surface area (Å²) in [6, 6.07) is 3.41. The van der Waals surface area contributed by atoms with E-state index in [1.54, 1.807) is 17.4 Å². The number of nitrogens with one attached hydrogen (secondary N) is 2. The summed E-state index contributed by atoms with van der Waals surface area (Å²) in [7, 11) is 0. The van der Waals surface area contributed by atoms with Gasteiger partial charge in [0.15, 0.2) is 0 Å². The van der Waals surface area contributed by atoms with Gasteiger partial charge in [-0.15, -0.1) is 11.3 Å². The summed E-state index contributed by atoms with van der Waals surface area (Å²) in [5, 5.41) is 9.86. The lowest BCUT2D eigenvalue weighted by molar-refractivity contribution is 0.0934. The number of aromatic amines is 1. The number of thiophene rings is 1. The van der Waals surface area contributed by atoms with Gasteiger partial charge in [-0.3, -0.25) is 9.59 Å². The number of aromatic nitrogens is 2. The average molecular weight is 374 g/mol. The molecule has 2 N–H and O–H groups in total. The number of nitrogens with zero attached hydrogens (tertiary/aromatic N) is 1. The van der Waals surface area contributed by atoms with Gasteiger partial charge in [-0.05, 0) is 54.8 Å². The minimum absolute atomic E-state index is 0.131. The second kappa shape index (κ2) is 7.33. The number of hydrogen-bond acceptors (Lipinski definition) is 5. The Labute approximate surface area is 153 Å². The Morgan fingerprint density at radius 2 is 2.12 bits per heavy atom. The minimum Gasteiger partial charge on any atom is -0.342 e. The molecule has 0 aliphatic heterocycles. The molecule has 0 radical (unpaired) electrons. The fourth-order valence-electron chi connectivity index (χ4n) is 2.51. The SMILES string of the molecule is Cc1csc([C@H](Cc2ccsc2)NC(=O)c2cc(C)c(C)[nH]c2=O)n1. The Kier molecular flexibility index (Phi) is 5.15. The molecule has 7 heteroatoms. The maximum atomic E-state index is 12.7. The highest BCUT2D eigenvalue weighted by Gasteiger charge is 2.21. The second-order valence-electron chi connectivity index (χ2n) is 6.01. The molecule has 0 fully saturated rings. The molecule has 3 aromatic rings. The van der Waals surface area contributed by atoms with Crippen LogP contribution < -0.4 is 10.9 Å². The molecule has 0 spiro atoms. The van der Waals surface area contributed by atoms with E-state index in [9.17, 15) is 9.59 Å². The van der Waals surface area contributed by atoms with Crippen molar-refractivity contribution in [1.29, 1.82) is 0 Å². The lowest BCUT2D eigenvalue weighted by atomic mass is 10.1. The van der Waals surface area contributed by atoms with Crippen molar-refractivity contribution in [2.45, 2.75) is 33.2 Å². The van der Waals surface area contributed by atoms with E-state index < -0.39 is 0 Å². The number of aryl methyl sites for hydroxylation is 3. The van der Waals surface area contributed by atoms with E-state index in [0.29, 0.717) is 6.42 Å². The summed E-state index contributed by atoms with van der Waals surface area (Å²) in [6.07, 6.45) is 0.644. The van der Waals surface area contributed by atoms with Crippen LogP contribution >= 0.6 is 22.7 Å². The maximum absolute atomic E-state index is 12.7. The van der Waals surface area contributed by atoms with Crippen molar-refractivity contribution in [2.75, 3.05) is 0 Å². The normalized spacial score (nSPS) is 12.1. The highest BCUT2D eigenvalue weighted by Crippen LogP contribution is 2.23. The molecule has 3 aromatic heterocycles. The van der Waals surface area contributed by atoms with E-state index in [0.717, 1.165) is 27.5 Å². The fraction of sp³-hybridized carbons (Fsp3) is 0.278. The fourth-order valence-corrected chi connectivity index (χ4v) is 4.04. The van der Waals surface area contributed by atoms with Crippen molar-refractivity contribution in [2.24, 2.45) is 0 Å². The molecule has 25 heavy (non-hydrogen) atoms. The van der Waals surface area contributed by atoms with Crippen LogP contribution in [0.5, 0.6) is 0 Å². The molecule has 0 aliphatic carbocycles. The monoisotopic (exact) mass is 373 g/mol. The molecule has 3 heterocycles. The van der Waals surface area contributed by atoms with E-state index in [-0.39, 0.29) is 23.1 Å². The largest absolute Gasteiger partial charge is 0.342 e. The molecular weight excluding hydrogens is 354 g/mol. The highest BCUT2D eigenvalue weighted by molar-refractivity contribution is 7.09. The maximum Gasteiger partial charge on any atom is 0.261 e. The standard InChI is InChI=1S/C18H19N3O2S2/c1-10-6-14(16(22)20-12(10)3)17(23)21-15(7-13-4-5-24-9-13)18-19-11(2)8-25-18/h4-6,8-9,15H,7H2,1-3H3,(H,20,22)(H,21,23)/t15-/m0/s1. The number of rotatable bonds is 5. The van der Waals surface area contributed by atoms with Crippen molar-refractivity contribution in [1.82, 2.24) is 15.3 Å². The van der Waals surface area contributed by atoms with E-state index in [1.807, 2.05) is 37.6 Å². The summed E-state index contributed by atoms with van der Waals surface area (Å²) >= 11 is 3.14. The Balaban J connectivity index is 1.88. The molecule has 5 nitrogen and oxygen atoms in total. The topological polar surface area (TPSA) is 74.8 Å². The van der Waals surface area contributed by atoms with Crippen LogP contribution in [-0.2, 0) is 6.42 Å². The van der Waals surface area contributed by atoms with Gasteiger partial charge < -0.3 is 10.3 Å². The van der Waals surface area contributed by atoms with Gasteiger partial charge in [-0.2, -0.15) is 11.3 Å². The molecule has 1 atom stereocenters. The Hall–Kier alpha value is -2.25. The number of H-pyrrole nitrogens is 1. The first-order valence-electron chi connectivity index (χ1n) is 7.88. The van der Waals surface area contributed by atoms with Gasteiger partial charge >= 0.3 is 0 Å². The first kappa shape index (κ1) is 17.6. The van der Waals surface area contributed by atoms with Gasteiger partial charge in [0.1, 0.15) is 10.6 Å². The van der Waals surface area contributed by atoms with Crippen molar-refractivity contribution in [3.63, 3.8) is 0 Å². The predicted molar refractivity (Wildman–Crippen MR) is 102 cm³/mol. The molecule has 0 aliphatic rings. The number of thiazole rings is 1. The van der Waals surface area contributed by atoms with Crippen LogP contribution in [0.3, 0.4) is 0 Å². The molecule has 130 valence electrons. The van der Waals surface area contributed by atoms with Crippen LogP contribution in [0.4, 0.5) is 0 Å². The first-order chi connectivity index (χ1) is 11.9. The molecule has 0 aromatic carbocycles. The van der Waals surface area contributed by atoms with Gasteiger partial charge in [-0.25, -0.2) is 4.98 Å². The quantitative estimate of drug-likeness (QED) is 0.718. The van der Waals surface area contributed by atoms with Gasteiger partial charge in [0.05, 0.1) is 6.04 Å². The number of hydrogen-bond donors (Lipinski definition) is 2. The van der Waals surface area contributed by atoms with Gasteiger partial charge in [0, 0.05) is 23.2 Å². The lowest BCUT2D eigenvalue weighted by Crippen LogP contribution is -2.34. The van der Waals surface area contributed by atoms with E-state index in [1.165, 1.54) is 11.3 Å². The van der Waals surface area contributed by atoms with Crippen molar-refractivity contribution < 1.29 is 4.79 Å². The summed E-state index contributed by atoms with van der Waals surface area (Å²) in [4.78, 5) is 32.1. The molecular formula is C18H19N3O2S2. The molecule has 0 saturated heterocycles. The van der Waals surface area contributed by atoms with Gasteiger partial charge in [0.25, 0.3) is 11.5 Å². The summed E-state index contributed by atoms with van der Waals surface area (Å²) in [6.45, 7) is 5.61. The van der Waals surface area contributed by atoms with Crippen LogP contribution in [0, 0.1) is 20.8 Å². The van der Waals surface area contributed by atoms with Crippen LogP contribution in [0.15, 0.2) is 33.1 Å². The number of amides is 1. The molecule has 0 unspecified atom stereocenters. The van der Waals surface area contributed by atoms with Crippen molar-refractivity contribution in [3.8, 4) is 0 Å². The van der Waals surface area contributed by atoms with Crippen molar-refractivity contribution in [3.05, 3.63) is 71.7 Å². The minimum atomic E-state index is -0.377. The number of carbonyl (C=O) groups excluding carboxylic acids is 1. The number of pyridine rings is 1. The molecule has 1 amide bonds. The zero-order chi connectivity index (χ0) is 18.0. The zero-order valence-electron chi connectivity index (χ0n) is 14.3. The highest BCUT2D eigenvalue weighted by atomic mass is 32.1. The van der Waals surface area contributed by atoms with E-state index in [4.69, 9.17) is 0 Å². The molecule has 0 bridgehead atoms. The Morgan fingerprint density at radius 3 is 2.76 bits per heavy atom. The third-order valence-electron chi connectivity index (χ3n) is 4.00.